The predicted octanol–water partition coefficient (Wildman–Crippen LogP) is 5.36. The molecule has 0 aliphatic rings. The molecule has 0 amide bonds. The van der Waals surface area contributed by atoms with Crippen molar-refractivity contribution >= 4 is 53.2 Å². The maximum absolute atomic E-state index is 7.92. The molecule has 3 nitrogen and oxygen atoms in total. The Balaban J connectivity index is 0.00000288. The molecule has 2 aromatic carbocycles. The third-order valence-electron chi connectivity index (χ3n) is 3.16. The maximum Gasteiger partial charge on any atom is 0.0787 e. The summed E-state index contributed by atoms with van der Waals surface area (Å²) < 4.78 is 0. The Morgan fingerprint density at radius 2 is 1.50 bits per heavy atom. The highest BCUT2D eigenvalue weighted by Gasteiger charge is 1.99. The summed E-state index contributed by atoms with van der Waals surface area (Å²) in [4.78, 5) is 8.67. The molecule has 2 aromatic rings. The minimum atomic E-state index is 0. The van der Waals surface area contributed by atoms with Crippen LogP contribution in [0, 0.1) is 5.41 Å². The Hall–Kier alpha value is -1.68. The van der Waals surface area contributed by atoms with Crippen molar-refractivity contribution < 1.29 is 0 Å². The van der Waals surface area contributed by atoms with Gasteiger partial charge in [-0.25, -0.2) is 0 Å². The van der Waals surface area contributed by atoms with Gasteiger partial charge in [-0.15, -0.1) is 12.4 Å². The number of hydrogen-bond donors (Lipinski definition) is 1. The molecule has 6 heteroatoms. The van der Waals surface area contributed by atoms with Crippen LogP contribution >= 0.6 is 35.6 Å². The minimum absolute atomic E-state index is 0. The normalized spacial score (nSPS) is 11.4. The first kappa shape index (κ1) is 20.4. The lowest BCUT2D eigenvalue weighted by Gasteiger charge is -2.02. The monoisotopic (exact) mass is 381 g/mol. The molecule has 0 saturated carbocycles. The molecule has 1 N–H and O–H groups in total. The highest BCUT2D eigenvalue weighted by atomic mass is 35.5. The van der Waals surface area contributed by atoms with Gasteiger partial charge in [-0.3, -0.25) is 9.98 Å². The maximum atomic E-state index is 7.92. The van der Waals surface area contributed by atoms with Gasteiger partial charge in [0.15, 0.2) is 0 Å². The quantitative estimate of drug-likeness (QED) is 0.654. The summed E-state index contributed by atoms with van der Waals surface area (Å²) in [5.74, 6) is 0. The molecule has 0 aliphatic heterocycles. The van der Waals surface area contributed by atoms with Crippen molar-refractivity contribution in [1.29, 1.82) is 5.41 Å². The zero-order valence-corrected chi connectivity index (χ0v) is 15.5. The van der Waals surface area contributed by atoms with E-state index in [1.54, 1.807) is 6.21 Å². The fourth-order valence-electron chi connectivity index (χ4n) is 1.86. The zero-order valence-electron chi connectivity index (χ0n) is 13.2. The first-order valence-corrected chi connectivity index (χ1v) is 7.89. The molecule has 0 saturated heterocycles. The first-order valence-electron chi connectivity index (χ1n) is 7.13. The van der Waals surface area contributed by atoms with Crippen LogP contribution in [0.1, 0.15) is 18.1 Å². The number of rotatable bonds is 6. The van der Waals surface area contributed by atoms with E-state index >= 15 is 0 Å². The van der Waals surface area contributed by atoms with Crippen molar-refractivity contribution in [3.8, 4) is 0 Å². The first-order chi connectivity index (χ1) is 11.0. The second-order valence-corrected chi connectivity index (χ2v) is 5.91. The van der Waals surface area contributed by atoms with Crippen LogP contribution in [0.2, 0.25) is 10.0 Å². The Morgan fingerprint density at radius 3 is 2.08 bits per heavy atom. The molecule has 0 spiro atoms. The fraction of sp³-hybridized carbons (Fsp3) is 0.167. The number of nitrogens with one attached hydrogen (secondary N) is 1. The van der Waals surface area contributed by atoms with Gasteiger partial charge >= 0.3 is 0 Å². The van der Waals surface area contributed by atoms with Crippen LogP contribution in [0.3, 0.4) is 0 Å². The van der Waals surface area contributed by atoms with E-state index in [1.165, 1.54) is 0 Å². The number of nitrogens with zero attached hydrogens (tertiary/aromatic N) is 2. The van der Waals surface area contributed by atoms with Crippen LogP contribution in [-0.2, 0) is 0 Å². The van der Waals surface area contributed by atoms with E-state index in [-0.39, 0.29) is 12.4 Å². The van der Waals surface area contributed by atoms with E-state index in [0.29, 0.717) is 28.8 Å². The molecule has 0 aromatic heterocycles. The largest absolute Gasteiger partial charge is 0.306 e. The van der Waals surface area contributed by atoms with Crippen molar-refractivity contribution in [3.05, 3.63) is 69.7 Å². The summed E-state index contributed by atoms with van der Waals surface area (Å²) >= 11 is 11.7. The van der Waals surface area contributed by atoms with E-state index in [0.717, 1.165) is 16.8 Å². The Labute approximate surface area is 158 Å². The van der Waals surface area contributed by atoms with Crippen molar-refractivity contribution in [2.75, 3.05) is 13.1 Å². The molecule has 0 unspecified atom stereocenters. The molecule has 0 radical (unpaired) electrons. The molecule has 0 atom stereocenters. The third-order valence-corrected chi connectivity index (χ3v) is 3.67. The average Bonchev–Trinajstić information content (AvgIpc) is 2.55. The topological polar surface area (TPSA) is 48.6 Å². The van der Waals surface area contributed by atoms with Gasteiger partial charge < -0.3 is 5.41 Å². The van der Waals surface area contributed by atoms with Gasteiger partial charge in [-0.1, -0.05) is 47.5 Å². The van der Waals surface area contributed by atoms with Gasteiger partial charge in [0.05, 0.1) is 18.8 Å². The SMILES string of the molecule is CC(=NCC(=N)CN=Cc1ccc(Cl)cc1)c1ccc(Cl)cc1.Cl. The molecular weight excluding hydrogens is 365 g/mol. The van der Waals surface area contributed by atoms with Gasteiger partial charge in [0.25, 0.3) is 0 Å². The summed E-state index contributed by atoms with van der Waals surface area (Å²) in [6.45, 7) is 2.60. The van der Waals surface area contributed by atoms with E-state index in [2.05, 4.69) is 9.98 Å². The van der Waals surface area contributed by atoms with Crippen LogP contribution in [0.5, 0.6) is 0 Å². The zero-order chi connectivity index (χ0) is 16.7. The summed E-state index contributed by atoms with van der Waals surface area (Å²) in [7, 11) is 0. The molecule has 0 bridgehead atoms. The lowest BCUT2D eigenvalue weighted by Crippen LogP contribution is -2.08. The fourth-order valence-corrected chi connectivity index (χ4v) is 2.11. The molecule has 126 valence electrons. The van der Waals surface area contributed by atoms with Crippen molar-refractivity contribution in [1.82, 2.24) is 0 Å². The smallest absolute Gasteiger partial charge is 0.0787 e. The van der Waals surface area contributed by atoms with E-state index in [1.807, 2.05) is 55.5 Å². The Morgan fingerprint density at radius 1 is 0.958 bits per heavy atom. The Kier molecular flexibility index (Phi) is 8.69. The number of benzene rings is 2. The summed E-state index contributed by atoms with van der Waals surface area (Å²) in [5.41, 5.74) is 3.31. The summed E-state index contributed by atoms with van der Waals surface area (Å²) in [5, 5.41) is 9.31. The third kappa shape index (κ3) is 6.83. The van der Waals surface area contributed by atoms with Crippen LogP contribution in [0.4, 0.5) is 0 Å². The second kappa shape index (κ2) is 10.2. The molecular formula is C18H18Cl3N3. The Bertz CT molecular complexity index is 720. The van der Waals surface area contributed by atoms with Gasteiger partial charge in [-0.05, 0) is 42.3 Å². The van der Waals surface area contributed by atoms with Crippen molar-refractivity contribution in [3.63, 3.8) is 0 Å². The van der Waals surface area contributed by atoms with E-state index in [9.17, 15) is 0 Å². The number of hydrogen-bond acceptors (Lipinski definition) is 3. The van der Waals surface area contributed by atoms with Gasteiger partial charge in [0.2, 0.25) is 0 Å². The molecule has 2 rings (SSSR count). The highest BCUT2D eigenvalue weighted by Crippen LogP contribution is 2.10. The second-order valence-electron chi connectivity index (χ2n) is 5.03. The van der Waals surface area contributed by atoms with Gasteiger partial charge in [-0.2, -0.15) is 0 Å². The van der Waals surface area contributed by atoms with E-state index < -0.39 is 0 Å². The molecule has 24 heavy (non-hydrogen) atoms. The average molecular weight is 383 g/mol. The molecule has 0 fully saturated rings. The number of halogens is 3. The number of aliphatic imine (C=N–C) groups is 2. The molecule has 0 aliphatic carbocycles. The lowest BCUT2D eigenvalue weighted by molar-refractivity contribution is 1.16. The highest BCUT2D eigenvalue weighted by molar-refractivity contribution is 6.31. The molecule has 0 heterocycles. The van der Waals surface area contributed by atoms with Crippen LogP contribution in [0.15, 0.2) is 58.5 Å². The summed E-state index contributed by atoms with van der Waals surface area (Å²) in [6, 6.07) is 14.9. The van der Waals surface area contributed by atoms with Crippen molar-refractivity contribution in [2.45, 2.75) is 6.92 Å². The standard InChI is InChI=1S/C18H17Cl2N3.ClH/c1-13(15-4-8-17(20)9-5-15)23-12-18(21)11-22-10-14-2-6-16(19)7-3-14;/h2-10,21H,11-12H2,1H3;1H. The minimum Gasteiger partial charge on any atom is -0.306 e. The van der Waals surface area contributed by atoms with Gasteiger partial charge in [0.1, 0.15) is 0 Å². The lowest BCUT2D eigenvalue weighted by atomic mass is 10.1. The van der Waals surface area contributed by atoms with Crippen LogP contribution in [0.25, 0.3) is 0 Å². The summed E-state index contributed by atoms with van der Waals surface area (Å²) in [6.07, 6.45) is 1.74. The van der Waals surface area contributed by atoms with Crippen molar-refractivity contribution in [2.24, 2.45) is 9.98 Å². The van der Waals surface area contributed by atoms with Gasteiger partial charge in [0, 0.05) is 22.0 Å². The van der Waals surface area contributed by atoms with Crippen LogP contribution < -0.4 is 0 Å². The van der Waals surface area contributed by atoms with E-state index in [4.69, 9.17) is 28.6 Å². The van der Waals surface area contributed by atoms with Crippen LogP contribution in [-0.4, -0.2) is 30.7 Å². The predicted molar refractivity (Wildman–Crippen MR) is 107 cm³/mol.